The van der Waals surface area contributed by atoms with Crippen molar-refractivity contribution in [1.82, 2.24) is 4.90 Å². The van der Waals surface area contributed by atoms with Crippen molar-refractivity contribution in [3.8, 4) is 0 Å². The van der Waals surface area contributed by atoms with Gasteiger partial charge in [0.05, 0.1) is 5.92 Å². The maximum atomic E-state index is 11.7. The topological polar surface area (TPSA) is 57.6 Å². The second-order valence-electron chi connectivity index (χ2n) is 4.36. The number of aliphatic carboxylic acids is 1. The average Bonchev–Trinajstić information content (AvgIpc) is 2.72. The Hall–Kier alpha value is -1.49. The van der Waals surface area contributed by atoms with Crippen LogP contribution < -0.4 is 0 Å². The predicted octanol–water partition coefficient (Wildman–Crippen LogP) is 1.84. The Kier molecular flexibility index (Phi) is 3.91. The zero-order valence-corrected chi connectivity index (χ0v) is 10.9. The lowest BCUT2D eigenvalue weighted by molar-refractivity contribution is -0.141. The molecule has 1 aromatic rings. The molecule has 0 aliphatic carbocycles. The summed E-state index contributed by atoms with van der Waals surface area (Å²) in [6.45, 7) is 0.815. The van der Waals surface area contributed by atoms with E-state index in [2.05, 4.69) is 0 Å². The van der Waals surface area contributed by atoms with Crippen LogP contribution in [-0.2, 0) is 16.1 Å². The Labute approximate surface area is 110 Å². The summed E-state index contributed by atoms with van der Waals surface area (Å²) in [4.78, 5) is 25.3. The molecule has 1 N–H and O–H groups in total. The quantitative estimate of drug-likeness (QED) is 0.844. The minimum absolute atomic E-state index is 0.0728. The Balaban J connectivity index is 2.01. The van der Waals surface area contributed by atoms with E-state index in [4.69, 9.17) is 5.11 Å². The number of carboxylic acids is 1. The Bertz CT molecular complexity index is 458. The summed E-state index contributed by atoms with van der Waals surface area (Å²) in [5.41, 5.74) is 1.03. The zero-order valence-electron chi connectivity index (χ0n) is 10.1. The zero-order chi connectivity index (χ0) is 13.1. The fourth-order valence-electron chi connectivity index (χ4n) is 2.04. The van der Waals surface area contributed by atoms with Gasteiger partial charge in [-0.3, -0.25) is 9.59 Å². The van der Waals surface area contributed by atoms with E-state index >= 15 is 0 Å². The molecule has 0 spiro atoms. The minimum atomic E-state index is -0.886. The van der Waals surface area contributed by atoms with E-state index in [0.717, 1.165) is 5.56 Å². The Morgan fingerprint density at radius 1 is 1.44 bits per heavy atom. The third kappa shape index (κ3) is 2.85. The first-order valence-electron chi connectivity index (χ1n) is 5.73. The summed E-state index contributed by atoms with van der Waals surface area (Å²) in [7, 11) is 0. The van der Waals surface area contributed by atoms with Gasteiger partial charge in [-0.05, 0) is 24.0 Å². The number of carboxylic acid groups (broad SMARTS) is 1. The van der Waals surface area contributed by atoms with Crippen LogP contribution >= 0.6 is 11.8 Å². The second-order valence-corrected chi connectivity index (χ2v) is 5.24. The number of benzene rings is 1. The fourth-order valence-corrected chi connectivity index (χ4v) is 2.45. The molecular formula is C13H15NO3S. The van der Waals surface area contributed by atoms with E-state index in [1.54, 1.807) is 16.7 Å². The van der Waals surface area contributed by atoms with Crippen LogP contribution in [0.5, 0.6) is 0 Å². The smallest absolute Gasteiger partial charge is 0.308 e. The molecule has 2 rings (SSSR count). The highest BCUT2D eigenvalue weighted by Gasteiger charge is 2.33. The van der Waals surface area contributed by atoms with Crippen LogP contribution in [0.2, 0.25) is 0 Å². The number of hydrogen-bond donors (Lipinski definition) is 1. The highest BCUT2D eigenvalue weighted by atomic mass is 32.2. The molecule has 0 radical (unpaired) electrons. The number of hydrogen-bond acceptors (Lipinski definition) is 3. The molecule has 1 fully saturated rings. The molecule has 1 amide bonds. The number of carbonyl (C=O) groups is 2. The molecule has 5 heteroatoms. The molecule has 96 valence electrons. The number of nitrogens with zero attached hydrogens (tertiary/aromatic N) is 1. The van der Waals surface area contributed by atoms with Gasteiger partial charge in [-0.2, -0.15) is 0 Å². The first-order valence-corrected chi connectivity index (χ1v) is 6.96. The normalized spacial score (nSPS) is 19.3. The standard InChI is InChI=1S/C13H15NO3S/c1-18-11-4-2-9(3-5-11)7-14-8-10(13(16)17)6-12(14)15/h2-5,10H,6-8H2,1H3,(H,16,17). The molecule has 0 aromatic heterocycles. The van der Waals surface area contributed by atoms with E-state index < -0.39 is 11.9 Å². The van der Waals surface area contributed by atoms with Crippen LogP contribution in [0.1, 0.15) is 12.0 Å². The van der Waals surface area contributed by atoms with E-state index in [9.17, 15) is 9.59 Å². The summed E-state index contributed by atoms with van der Waals surface area (Å²) in [5, 5.41) is 8.90. The summed E-state index contributed by atoms with van der Waals surface area (Å²) in [6.07, 6.45) is 2.13. The lowest BCUT2D eigenvalue weighted by Gasteiger charge is -2.16. The van der Waals surface area contributed by atoms with Crippen LogP contribution in [0.3, 0.4) is 0 Å². The third-order valence-electron chi connectivity index (χ3n) is 3.10. The number of rotatable bonds is 4. The van der Waals surface area contributed by atoms with E-state index in [1.165, 1.54) is 4.90 Å². The molecular weight excluding hydrogens is 250 g/mol. The van der Waals surface area contributed by atoms with Crippen LogP contribution in [-0.4, -0.2) is 34.7 Å². The fraction of sp³-hybridized carbons (Fsp3) is 0.385. The SMILES string of the molecule is CSc1ccc(CN2CC(C(=O)O)CC2=O)cc1. The number of amides is 1. The highest BCUT2D eigenvalue weighted by Crippen LogP contribution is 2.21. The maximum Gasteiger partial charge on any atom is 0.308 e. The molecule has 0 bridgehead atoms. The molecule has 1 aliphatic rings. The second kappa shape index (κ2) is 5.44. The van der Waals surface area contributed by atoms with Crippen LogP contribution in [0.25, 0.3) is 0 Å². The van der Waals surface area contributed by atoms with Gasteiger partial charge in [0.1, 0.15) is 0 Å². The van der Waals surface area contributed by atoms with Gasteiger partial charge in [0.15, 0.2) is 0 Å². The Morgan fingerprint density at radius 3 is 2.61 bits per heavy atom. The Morgan fingerprint density at radius 2 is 2.11 bits per heavy atom. The number of thioether (sulfide) groups is 1. The molecule has 1 heterocycles. The van der Waals surface area contributed by atoms with E-state index in [-0.39, 0.29) is 12.3 Å². The summed E-state index contributed by atoms with van der Waals surface area (Å²) in [6, 6.07) is 7.98. The van der Waals surface area contributed by atoms with E-state index in [0.29, 0.717) is 13.1 Å². The monoisotopic (exact) mass is 265 g/mol. The highest BCUT2D eigenvalue weighted by molar-refractivity contribution is 7.98. The summed E-state index contributed by atoms with van der Waals surface area (Å²) < 4.78 is 0. The van der Waals surface area contributed by atoms with Crippen LogP contribution in [0.15, 0.2) is 29.2 Å². The van der Waals surface area contributed by atoms with Gasteiger partial charge in [-0.15, -0.1) is 11.8 Å². The molecule has 18 heavy (non-hydrogen) atoms. The summed E-state index contributed by atoms with van der Waals surface area (Å²) in [5.74, 6) is -1.51. The van der Waals surface area contributed by atoms with Crippen molar-refractivity contribution in [2.75, 3.05) is 12.8 Å². The van der Waals surface area contributed by atoms with Crippen molar-refractivity contribution in [2.24, 2.45) is 5.92 Å². The first-order chi connectivity index (χ1) is 8.60. The predicted molar refractivity (Wildman–Crippen MR) is 69.4 cm³/mol. The van der Waals surface area contributed by atoms with Crippen LogP contribution in [0, 0.1) is 5.92 Å². The van der Waals surface area contributed by atoms with Gasteiger partial charge in [0.2, 0.25) is 5.91 Å². The van der Waals surface area contributed by atoms with Crippen molar-refractivity contribution in [3.63, 3.8) is 0 Å². The van der Waals surface area contributed by atoms with Gasteiger partial charge in [-0.1, -0.05) is 12.1 Å². The van der Waals surface area contributed by atoms with Gasteiger partial charge in [0.25, 0.3) is 0 Å². The minimum Gasteiger partial charge on any atom is -0.481 e. The molecule has 1 atom stereocenters. The molecule has 0 saturated carbocycles. The maximum absolute atomic E-state index is 11.7. The molecule has 1 aliphatic heterocycles. The molecule has 4 nitrogen and oxygen atoms in total. The molecule has 1 unspecified atom stereocenters. The first kappa shape index (κ1) is 13.0. The van der Waals surface area contributed by atoms with Gasteiger partial charge in [0, 0.05) is 24.4 Å². The van der Waals surface area contributed by atoms with Crippen molar-refractivity contribution < 1.29 is 14.7 Å². The number of carbonyl (C=O) groups excluding carboxylic acids is 1. The van der Waals surface area contributed by atoms with Gasteiger partial charge >= 0.3 is 5.97 Å². The lowest BCUT2D eigenvalue weighted by atomic mass is 10.1. The number of likely N-dealkylation sites (tertiary alicyclic amines) is 1. The molecule has 1 aromatic carbocycles. The van der Waals surface area contributed by atoms with Crippen LogP contribution in [0.4, 0.5) is 0 Å². The van der Waals surface area contributed by atoms with Crippen molar-refractivity contribution >= 4 is 23.6 Å². The third-order valence-corrected chi connectivity index (χ3v) is 3.84. The van der Waals surface area contributed by atoms with E-state index in [1.807, 2.05) is 30.5 Å². The van der Waals surface area contributed by atoms with Gasteiger partial charge in [-0.25, -0.2) is 0 Å². The summed E-state index contributed by atoms with van der Waals surface area (Å²) >= 11 is 1.67. The lowest BCUT2D eigenvalue weighted by Crippen LogP contribution is -2.25. The van der Waals surface area contributed by atoms with Crippen molar-refractivity contribution in [1.29, 1.82) is 0 Å². The van der Waals surface area contributed by atoms with Crippen molar-refractivity contribution in [2.45, 2.75) is 17.9 Å². The van der Waals surface area contributed by atoms with Crippen molar-refractivity contribution in [3.05, 3.63) is 29.8 Å². The molecule has 1 saturated heterocycles. The largest absolute Gasteiger partial charge is 0.481 e. The average molecular weight is 265 g/mol. The van der Waals surface area contributed by atoms with Gasteiger partial charge < -0.3 is 10.0 Å².